The van der Waals surface area contributed by atoms with Crippen LogP contribution in [0.4, 0.5) is 17.1 Å². The molecular weight excluding hydrogens is 685 g/mol. The summed E-state index contributed by atoms with van der Waals surface area (Å²) in [5.74, 6) is 0. The molecule has 0 atom stereocenters. The van der Waals surface area contributed by atoms with Crippen LogP contribution in [0.2, 0.25) is 0 Å². The molecule has 0 aliphatic rings. The first-order valence-electron chi connectivity index (χ1n) is 18.8. The number of rotatable bonds is 6. The Kier molecular flexibility index (Phi) is 7.39. The molecule has 0 amide bonds. The number of nitrogens with zero attached hydrogens (tertiary/aromatic N) is 2. The van der Waals surface area contributed by atoms with Gasteiger partial charge in [-0.05, 0) is 99.8 Å². The van der Waals surface area contributed by atoms with Crippen molar-refractivity contribution in [3.8, 4) is 27.9 Å². The SMILES string of the molecule is c1ccc(-c2ccc(N(c3ccc4c5c(-c6ccc7ccccc7c6)cccc5n(-c5ccccc5)c4c3)c3cccc4sc5ccccc5c34)cc2)cc1. The molecule has 0 bridgehead atoms. The second kappa shape index (κ2) is 12.9. The maximum Gasteiger partial charge on any atom is 0.0562 e. The number of para-hydroxylation sites is 1. The highest BCUT2D eigenvalue weighted by Crippen LogP contribution is 2.47. The highest BCUT2D eigenvalue weighted by atomic mass is 32.1. The number of aromatic nitrogens is 1. The molecule has 2 aromatic heterocycles. The van der Waals surface area contributed by atoms with E-state index in [2.05, 4.69) is 216 Å². The van der Waals surface area contributed by atoms with Gasteiger partial charge in [0.1, 0.15) is 0 Å². The van der Waals surface area contributed by atoms with Crippen molar-refractivity contribution in [1.82, 2.24) is 4.57 Å². The first-order chi connectivity index (χ1) is 27.3. The van der Waals surface area contributed by atoms with E-state index in [0.717, 1.165) is 17.1 Å². The predicted octanol–water partition coefficient (Wildman–Crippen LogP) is 15.1. The van der Waals surface area contributed by atoms with E-state index in [4.69, 9.17) is 0 Å². The van der Waals surface area contributed by atoms with Crippen molar-refractivity contribution in [2.75, 3.05) is 4.90 Å². The molecule has 55 heavy (non-hydrogen) atoms. The van der Waals surface area contributed by atoms with Gasteiger partial charge in [-0.1, -0.05) is 140 Å². The number of thiophene rings is 1. The largest absolute Gasteiger partial charge is 0.310 e. The van der Waals surface area contributed by atoms with Gasteiger partial charge in [0.2, 0.25) is 0 Å². The Labute approximate surface area is 323 Å². The number of benzene rings is 9. The van der Waals surface area contributed by atoms with Crippen LogP contribution in [-0.2, 0) is 0 Å². The summed E-state index contributed by atoms with van der Waals surface area (Å²) >= 11 is 1.86. The van der Waals surface area contributed by atoms with Gasteiger partial charge >= 0.3 is 0 Å². The van der Waals surface area contributed by atoms with E-state index < -0.39 is 0 Å². The van der Waals surface area contributed by atoms with E-state index in [1.807, 2.05) is 11.3 Å². The Morgan fingerprint density at radius 2 is 1.05 bits per heavy atom. The Bertz CT molecular complexity index is 3190. The average molecular weight is 719 g/mol. The highest BCUT2D eigenvalue weighted by Gasteiger charge is 2.22. The van der Waals surface area contributed by atoms with Crippen molar-refractivity contribution in [3.63, 3.8) is 0 Å². The van der Waals surface area contributed by atoms with E-state index in [1.165, 1.54) is 80.7 Å². The standard InChI is InChI=1S/C52H34N2S/c1-3-13-35(14-4-1)37-27-29-41(30-28-37)53(47-22-12-24-50-52(47)45-19-9-10-23-49(45)55-50)42-31-32-44-48(34-42)54(40-17-5-2-6-18-40)46-21-11-20-43(51(44)46)39-26-25-36-15-7-8-16-38(36)33-39/h1-34H. The summed E-state index contributed by atoms with van der Waals surface area (Å²) in [4.78, 5) is 2.45. The summed E-state index contributed by atoms with van der Waals surface area (Å²) in [6.45, 7) is 0. The van der Waals surface area contributed by atoms with Crippen LogP contribution in [0, 0.1) is 0 Å². The van der Waals surface area contributed by atoms with Crippen LogP contribution in [0.15, 0.2) is 206 Å². The second-order valence-electron chi connectivity index (χ2n) is 14.1. The Morgan fingerprint density at radius 1 is 0.382 bits per heavy atom. The van der Waals surface area contributed by atoms with Crippen LogP contribution >= 0.6 is 11.3 Å². The lowest BCUT2D eigenvalue weighted by molar-refractivity contribution is 1.18. The molecule has 0 saturated heterocycles. The Balaban J connectivity index is 1.18. The molecule has 2 heterocycles. The average Bonchev–Trinajstić information content (AvgIpc) is 3.81. The molecule has 2 nitrogen and oxygen atoms in total. The summed E-state index contributed by atoms with van der Waals surface area (Å²) in [5, 5.41) is 7.54. The van der Waals surface area contributed by atoms with Gasteiger partial charge in [-0.15, -0.1) is 11.3 Å². The van der Waals surface area contributed by atoms with Gasteiger partial charge in [-0.3, -0.25) is 0 Å². The quantitative estimate of drug-likeness (QED) is 0.166. The molecule has 0 aliphatic heterocycles. The number of hydrogen-bond donors (Lipinski definition) is 0. The van der Waals surface area contributed by atoms with E-state index in [1.54, 1.807) is 0 Å². The van der Waals surface area contributed by atoms with Gasteiger partial charge in [0.25, 0.3) is 0 Å². The van der Waals surface area contributed by atoms with E-state index in [9.17, 15) is 0 Å². The molecule has 0 spiro atoms. The number of anilines is 3. The van der Waals surface area contributed by atoms with Crippen LogP contribution in [0.3, 0.4) is 0 Å². The van der Waals surface area contributed by atoms with Crippen molar-refractivity contribution >= 4 is 81.1 Å². The molecule has 258 valence electrons. The van der Waals surface area contributed by atoms with E-state index in [-0.39, 0.29) is 0 Å². The molecule has 0 fully saturated rings. The first-order valence-corrected chi connectivity index (χ1v) is 19.6. The van der Waals surface area contributed by atoms with Crippen molar-refractivity contribution in [2.24, 2.45) is 0 Å². The molecule has 0 N–H and O–H groups in total. The molecule has 9 aromatic carbocycles. The fraction of sp³-hybridized carbons (Fsp3) is 0. The molecule has 0 unspecified atom stereocenters. The lowest BCUT2D eigenvalue weighted by atomic mass is 9.97. The summed E-state index contributed by atoms with van der Waals surface area (Å²) in [7, 11) is 0. The van der Waals surface area contributed by atoms with Crippen molar-refractivity contribution in [3.05, 3.63) is 206 Å². The summed E-state index contributed by atoms with van der Waals surface area (Å²) in [5.41, 5.74) is 11.7. The fourth-order valence-electron chi connectivity index (χ4n) is 8.45. The molecule has 0 saturated carbocycles. The predicted molar refractivity (Wildman–Crippen MR) is 237 cm³/mol. The zero-order valence-electron chi connectivity index (χ0n) is 29.9. The van der Waals surface area contributed by atoms with Crippen LogP contribution < -0.4 is 4.90 Å². The van der Waals surface area contributed by atoms with Crippen molar-refractivity contribution in [1.29, 1.82) is 0 Å². The van der Waals surface area contributed by atoms with Crippen LogP contribution in [0.25, 0.3) is 80.7 Å². The van der Waals surface area contributed by atoms with Gasteiger partial charge in [-0.25, -0.2) is 0 Å². The smallest absolute Gasteiger partial charge is 0.0562 e. The van der Waals surface area contributed by atoms with Gasteiger partial charge in [0.05, 0.1) is 16.7 Å². The molecule has 11 aromatic rings. The van der Waals surface area contributed by atoms with Crippen molar-refractivity contribution in [2.45, 2.75) is 0 Å². The zero-order valence-corrected chi connectivity index (χ0v) is 30.7. The highest BCUT2D eigenvalue weighted by molar-refractivity contribution is 7.26. The Hall–Kier alpha value is -6.94. The first kappa shape index (κ1) is 31.6. The molecule has 0 radical (unpaired) electrons. The van der Waals surface area contributed by atoms with Gasteiger partial charge in [0, 0.05) is 48.0 Å². The maximum absolute atomic E-state index is 2.45. The summed E-state index contributed by atoms with van der Waals surface area (Å²) in [6, 6.07) is 75.2. The third-order valence-corrected chi connectivity index (χ3v) is 12.1. The topological polar surface area (TPSA) is 8.17 Å². The van der Waals surface area contributed by atoms with E-state index >= 15 is 0 Å². The zero-order chi connectivity index (χ0) is 36.3. The maximum atomic E-state index is 2.45. The van der Waals surface area contributed by atoms with Crippen LogP contribution in [0.1, 0.15) is 0 Å². The lowest BCUT2D eigenvalue weighted by Gasteiger charge is -2.27. The normalized spacial score (nSPS) is 11.6. The third-order valence-electron chi connectivity index (χ3n) is 11.0. The third kappa shape index (κ3) is 5.24. The summed E-state index contributed by atoms with van der Waals surface area (Å²) < 4.78 is 5.02. The molecular formula is C52H34N2S. The van der Waals surface area contributed by atoms with Gasteiger partial charge in [-0.2, -0.15) is 0 Å². The molecule has 0 aliphatic carbocycles. The Morgan fingerprint density at radius 3 is 1.91 bits per heavy atom. The van der Waals surface area contributed by atoms with Crippen LogP contribution in [0.5, 0.6) is 0 Å². The second-order valence-corrected chi connectivity index (χ2v) is 15.2. The molecule has 11 rings (SSSR count). The van der Waals surface area contributed by atoms with Crippen LogP contribution in [-0.4, -0.2) is 4.57 Å². The number of fused-ring (bicyclic) bond motifs is 7. The monoisotopic (exact) mass is 718 g/mol. The molecule has 3 heteroatoms. The van der Waals surface area contributed by atoms with Crippen molar-refractivity contribution < 1.29 is 0 Å². The minimum atomic E-state index is 1.11. The van der Waals surface area contributed by atoms with Gasteiger partial charge in [0.15, 0.2) is 0 Å². The van der Waals surface area contributed by atoms with Gasteiger partial charge < -0.3 is 9.47 Å². The summed E-state index contributed by atoms with van der Waals surface area (Å²) in [6.07, 6.45) is 0. The minimum absolute atomic E-state index is 1.11. The lowest BCUT2D eigenvalue weighted by Crippen LogP contribution is -2.10. The van der Waals surface area contributed by atoms with E-state index in [0.29, 0.717) is 0 Å². The minimum Gasteiger partial charge on any atom is -0.310 e. The number of hydrogen-bond acceptors (Lipinski definition) is 2. The fourth-order valence-corrected chi connectivity index (χ4v) is 9.58.